The maximum absolute atomic E-state index is 13.3. The molecule has 4 rings (SSSR count). The van der Waals surface area contributed by atoms with Gasteiger partial charge in [-0.3, -0.25) is 24.2 Å². The standard InChI is InChI=1S/C23H21N3O3S2/c1-2-25-22(29)20(31-23(25)30)19-16-10-6-7-11-17(16)26(21(19)28)14-18(27)24-13-12-15-8-4-3-5-9-15/h3-11H,2,12-14H2,1H3,(H,24,27)/b20-19+. The number of para-hydroxylation sites is 1. The van der Waals surface area contributed by atoms with E-state index in [2.05, 4.69) is 5.32 Å². The lowest BCUT2D eigenvalue weighted by Gasteiger charge is -2.16. The number of amides is 3. The minimum absolute atomic E-state index is 0.109. The second-order valence-electron chi connectivity index (χ2n) is 7.12. The fraction of sp³-hybridized carbons (Fsp3) is 0.217. The Labute approximate surface area is 190 Å². The molecule has 31 heavy (non-hydrogen) atoms. The van der Waals surface area contributed by atoms with Gasteiger partial charge >= 0.3 is 0 Å². The molecule has 2 aliphatic heterocycles. The molecule has 0 aliphatic carbocycles. The third-order valence-electron chi connectivity index (χ3n) is 5.20. The van der Waals surface area contributed by atoms with Gasteiger partial charge in [0.1, 0.15) is 10.9 Å². The maximum atomic E-state index is 13.3. The van der Waals surface area contributed by atoms with Crippen molar-refractivity contribution in [3.63, 3.8) is 0 Å². The number of carbonyl (C=O) groups excluding carboxylic acids is 3. The summed E-state index contributed by atoms with van der Waals surface area (Å²) < 4.78 is 0.442. The minimum atomic E-state index is -0.351. The topological polar surface area (TPSA) is 69.7 Å². The number of nitrogens with one attached hydrogen (secondary N) is 1. The Bertz CT molecular complexity index is 1100. The molecule has 0 radical (unpaired) electrons. The first kappa shape index (κ1) is 21.3. The zero-order chi connectivity index (χ0) is 22.0. The van der Waals surface area contributed by atoms with Crippen molar-refractivity contribution in [2.45, 2.75) is 13.3 Å². The van der Waals surface area contributed by atoms with Gasteiger partial charge in [0.15, 0.2) is 0 Å². The van der Waals surface area contributed by atoms with Crippen LogP contribution in [-0.4, -0.2) is 46.6 Å². The molecular formula is C23H21N3O3S2. The van der Waals surface area contributed by atoms with Crippen LogP contribution in [0.5, 0.6) is 0 Å². The monoisotopic (exact) mass is 451 g/mol. The van der Waals surface area contributed by atoms with E-state index in [9.17, 15) is 14.4 Å². The van der Waals surface area contributed by atoms with Crippen LogP contribution in [0.15, 0.2) is 59.5 Å². The van der Waals surface area contributed by atoms with Crippen LogP contribution in [0.4, 0.5) is 5.69 Å². The molecule has 0 spiro atoms. The summed E-state index contributed by atoms with van der Waals surface area (Å²) in [5.74, 6) is -0.859. The third kappa shape index (κ3) is 4.13. The largest absolute Gasteiger partial charge is 0.354 e. The van der Waals surface area contributed by atoms with Gasteiger partial charge in [-0.25, -0.2) is 0 Å². The average molecular weight is 452 g/mol. The van der Waals surface area contributed by atoms with Crippen LogP contribution in [0.2, 0.25) is 0 Å². The quantitative estimate of drug-likeness (QED) is 0.540. The van der Waals surface area contributed by atoms with Crippen molar-refractivity contribution >= 4 is 57.3 Å². The van der Waals surface area contributed by atoms with Gasteiger partial charge in [-0.1, -0.05) is 72.5 Å². The zero-order valence-corrected chi connectivity index (χ0v) is 18.6. The van der Waals surface area contributed by atoms with Gasteiger partial charge in [-0.15, -0.1) is 0 Å². The van der Waals surface area contributed by atoms with Crippen LogP contribution in [-0.2, 0) is 20.8 Å². The first-order chi connectivity index (χ1) is 15.0. The van der Waals surface area contributed by atoms with Crippen LogP contribution >= 0.6 is 24.0 Å². The number of likely N-dealkylation sites (N-methyl/N-ethyl adjacent to an activating group) is 1. The van der Waals surface area contributed by atoms with Crippen molar-refractivity contribution in [3.05, 3.63) is 70.6 Å². The number of benzene rings is 2. The summed E-state index contributed by atoms with van der Waals surface area (Å²) in [5.41, 5.74) is 2.73. The lowest BCUT2D eigenvalue weighted by molar-refractivity contribution is -0.122. The van der Waals surface area contributed by atoms with Gasteiger partial charge in [-0.05, 0) is 25.0 Å². The highest BCUT2D eigenvalue weighted by molar-refractivity contribution is 8.26. The average Bonchev–Trinajstić information content (AvgIpc) is 3.21. The fourth-order valence-electron chi connectivity index (χ4n) is 3.67. The predicted molar refractivity (Wildman–Crippen MR) is 126 cm³/mol. The highest BCUT2D eigenvalue weighted by atomic mass is 32.2. The van der Waals surface area contributed by atoms with Crippen LogP contribution in [0, 0.1) is 0 Å². The minimum Gasteiger partial charge on any atom is -0.354 e. The summed E-state index contributed by atoms with van der Waals surface area (Å²) in [7, 11) is 0. The summed E-state index contributed by atoms with van der Waals surface area (Å²) >= 11 is 6.44. The molecule has 1 fully saturated rings. The van der Waals surface area contributed by atoms with Crippen LogP contribution in [0.1, 0.15) is 18.1 Å². The van der Waals surface area contributed by atoms with Gasteiger partial charge in [0.05, 0.1) is 16.2 Å². The molecule has 1 saturated heterocycles. The molecule has 2 heterocycles. The van der Waals surface area contributed by atoms with E-state index in [1.807, 2.05) is 49.4 Å². The van der Waals surface area contributed by atoms with Crippen LogP contribution in [0.3, 0.4) is 0 Å². The number of thiocarbonyl (C=S) groups is 1. The summed E-state index contributed by atoms with van der Waals surface area (Å²) in [6.45, 7) is 2.66. The molecule has 0 aromatic heterocycles. The zero-order valence-electron chi connectivity index (χ0n) is 17.0. The van der Waals surface area contributed by atoms with Crippen molar-refractivity contribution in [3.8, 4) is 0 Å². The van der Waals surface area contributed by atoms with E-state index < -0.39 is 0 Å². The molecular weight excluding hydrogens is 430 g/mol. The molecule has 6 nitrogen and oxygen atoms in total. The molecule has 158 valence electrons. The number of rotatable bonds is 6. The lowest BCUT2D eigenvalue weighted by atomic mass is 10.1. The van der Waals surface area contributed by atoms with Crippen LogP contribution in [0.25, 0.3) is 5.57 Å². The van der Waals surface area contributed by atoms with Gasteiger partial charge < -0.3 is 5.32 Å². The molecule has 2 aromatic rings. The Morgan fingerprint density at radius 2 is 1.71 bits per heavy atom. The normalized spacial score (nSPS) is 18.0. The highest BCUT2D eigenvalue weighted by Crippen LogP contribution is 2.44. The van der Waals surface area contributed by atoms with E-state index in [1.54, 1.807) is 12.1 Å². The SMILES string of the molecule is CCN1C(=O)/C(=C2\C(=O)N(CC(=O)NCCc3ccccc3)c3ccccc32)SC1=S. The highest BCUT2D eigenvalue weighted by Gasteiger charge is 2.41. The fourth-order valence-corrected chi connectivity index (χ4v) is 5.12. The smallest absolute Gasteiger partial charge is 0.266 e. The second-order valence-corrected chi connectivity index (χ2v) is 8.76. The number of carbonyl (C=O) groups is 3. The number of hydrogen-bond acceptors (Lipinski definition) is 5. The van der Waals surface area contributed by atoms with Gasteiger partial charge in [0.25, 0.3) is 11.8 Å². The van der Waals surface area contributed by atoms with Crippen molar-refractivity contribution in [1.29, 1.82) is 0 Å². The van der Waals surface area contributed by atoms with Gasteiger partial charge in [0, 0.05) is 18.7 Å². The molecule has 1 N–H and O–H groups in total. The summed E-state index contributed by atoms with van der Waals surface area (Å²) in [6, 6.07) is 17.1. The Morgan fingerprint density at radius 1 is 1.00 bits per heavy atom. The summed E-state index contributed by atoms with van der Waals surface area (Å²) in [6.07, 6.45) is 0.710. The molecule has 0 saturated carbocycles. The molecule has 3 amide bonds. The lowest BCUT2D eigenvalue weighted by Crippen LogP contribution is -2.39. The van der Waals surface area contributed by atoms with Gasteiger partial charge in [0.2, 0.25) is 5.91 Å². The van der Waals surface area contributed by atoms with E-state index in [-0.39, 0.29) is 24.3 Å². The number of anilines is 1. The van der Waals surface area contributed by atoms with Crippen molar-refractivity contribution < 1.29 is 14.4 Å². The van der Waals surface area contributed by atoms with E-state index >= 15 is 0 Å². The first-order valence-electron chi connectivity index (χ1n) is 10.0. The maximum Gasteiger partial charge on any atom is 0.266 e. The Hall–Kier alpha value is -2.97. The second kappa shape index (κ2) is 9.03. The van der Waals surface area contributed by atoms with Crippen molar-refractivity contribution in [2.24, 2.45) is 0 Å². The Morgan fingerprint density at radius 3 is 2.42 bits per heavy atom. The van der Waals surface area contributed by atoms with Gasteiger partial charge in [-0.2, -0.15) is 0 Å². The Balaban J connectivity index is 1.53. The van der Waals surface area contributed by atoms with E-state index in [1.165, 1.54) is 9.80 Å². The number of hydrogen-bond donors (Lipinski definition) is 1. The molecule has 8 heteroatoms. The summed E-state index contributed by atoms with van der Waals surface area (Å²) in [4.78, 5) is 41.9. The molecule has 0 bridgehead atoms. The molecule has 2 aromatic carbocycles. The van der Waals surface area contributed by atoms with E-state index in [0.717, 1.165) is 17.3 Å². The van der Waals surface area contributed by atoms with E-state index in [0.29, 0.717) is 45.6 Å². The molecule has 0 atom stereocenters. The predicted octanol–water partition coefficient (Wildman–Crippen LogP) is 2.98. The molecule has 0 unspecified atom stereocenters. The van der Waals surface area contributed by atoms with Crippen molar-refractivity contribution in [2.75, 3.05) is 24.5 Å². The first-order valence-corrected chi connectivity index (χ1v) is 11.2. The van der Waals surface area contributed by atoms with Crippen LogP contribution < -0.4 is 10.2 Å². The molecule has 2 aliphatic rings. The summed E-state index contributed by atoms with van der Waals surface area (Å²) in [5, 5.41) is 2.88. The Kier molecular flexibility index (Phi) is 6.20. The third-order valence-corrected chi connectivity index (χ3v) is 6.64. The number of fused-ring (bicyclic) bond motifs is 1. The number of nitrogens with zero attached hydrogens (tertiary/aromatic N) is 2. The van der Waals surface area contributed by atoms with Crippen molar-refractivity contribution in [1.82, 2.24) is 10.2 Å². The van der Waals surface area contributed by atoms with E-state index in [4.69, 9.17) is 12.2 Å². The number of thioether (sulfide) groups is 1.